The molecule has 1 heterocycles. The Hall–Kier alpha value is -1.95. The minimum atomic E-state index is -1.29. The molecule has 2 aromatic rings. The van der Waals surface area contributed by atoms with Gasteiger partial charge in [-0.05, 0) is 23.3 Å². The highest BCUT2D eigenvalue weighted by molar-refractivity contribution is 5.83. The average Bonchev–Trinajstić information content (AvgIpc) is 2.59. The summed E-state index contributed by atoms with van der Waals surface area (Å²) in [4.78, 5) is 12.4. The van der Waals surface area contributed by atoms with Crippen LogP contribution < -0.4 is 0 Å². The molecular formula is C19H22O5. The summed E-state index contributed by atoms with van der Waals surface area (Å²) in [5.74, 6) is -2.93. The van der Waals surface area contributed by atoms with E-state index < -0.39 is 23.6 Å². The molecule has 0 spiro atoms. The van der Waals surface area contributed by atoms with Crippen molar-refractivity contribution in [1.82, 2.24) is 0 Å². The van der Waals surface area contributed by atoms with Crippen LogP contribution in [0.2, 0.25) is 0 Å². The number of carbonyl (C=O) groups is 1. The first-order valence-electron chi connectivity index (χ1n) is 7.89. The van der Waals surface area contributed by atoms with Gasteiger partial charge >= 0.3 is 5.97 Å². The van der Waals surface area contributed by atoms with E-state index in [-0.39, 0.29) is 0 Å². The van der Waals surface area contributed by atoms with Crippen molar-refractivity contribution < 1.29 is 23.7 Å². The molecule has 128 valence electrons. The second-order valence-corrected chi connectivity index (χ2v) is 6.21. The highest BCUT2D eigenvalue weighted by Crippen LogP contribution is 2.37. The largest absolute Gasteiger partial charge is 0.425 e. The van der Waals surface area contributed by atoms with Crippen molar-refractivity contribution in [1.29, 1.82) is 0 Å². The lowest BCUT2D eigenvalue weighted by Gasteiger charge is -2.47. The van der Waals surface area contributed by atoms with Gasteiger partial charge in [-0.2, -0.15) is 0 Å². The number of methoxy groups -OCH3 is 2. The molecule has 1 aliphatic heterocycles. The van der Waals surface area contributed by atoms with E-state index in [4.69, 9.17) is 18.9 Å². The van der Waals surface area contributed by atoms with Crippen LogP contribution in [0.5, 0.6) is 0 Å². The van der Waals surface area contributed by atoms with Gasteiger partial charge in [0.15, 0.2) is 6.10 Å². The zero-order valence-electron chi connectivity index (χ0n) is 14.4. The van der Waals surface area contributed by atoms with Crippen molar-refractivity contribution in [2.24, 2.45) is 0 Å². The number of rotatable bonds is 4. The first-order chi connectivity index (χ1) is 11.4. The lowest BCUT2D eigenvalue weighted by molar-refractivity contribution is -0.405. The van der Waals surface area contributed by atoms with E-state index in [9.17, 15) is 4.79 Å². The molecule has 0 N–H and O–H groups in total. The lowest BCUT2D eigenvalue weighted by atomic mass is 10.0. The van der Waals surface area contributed by atoms with Gasteiger partial charge in [0, 0.05) is 27.6 Å². The highest BCUT2D eigenvalue weighted by atomic mass is 16.8. The number of hydrogen-bond acceptors (Lipinski definition) is 5. The Balaban J connectivity index is 1.85. The van der Waals surface area contributed by atoms with Gasteiger partial charge in [0.2, 0.25) is 5.79 Å². The van der Waals surface area contributed by atoms with Crippen LogP contribution in [-0.4, -0.2) is 37.9 Å². The second kappa shape index (κ2) is 6.16. The van der Waals surface area contributed by atoms with Gasteiger partial charge in [0.05, 0.1) is 0 Å². The topological polar surface area (TPSA) is 54.0 Å². The van der Waals surface area contributed by atoms with Crippen LogP contribution in [0.3, 0.4) is 0 Å². The summed E-state index contributed by atoms with van der Waals surface area (Å²) in [6.07, 6.45) is -0.345. The summed E-state index contributed by atoms with van der Waals surface area (Å²) in [7, 11) is 2.96. The number of cyclic esters (lactones) is 1. The second-order valence-electron chi connectivity index (χ2n) is 6.21. The van der Waals surface area contributed by atoms with E-state index in [1.54, 1.807) is 13.8 Å². The van der Waals surface area contributed by atoms with Crippen molar-refractivity contribution in [2.45, 2.75) is 37.9 Å². The summed E-state index contributed by atoms with van der Waals surface area (Å²) in [5.41, 5.74) is 0.995. The molecular weight excluding hydrogens is 308 g/mol. The van der Waals surface area contributed by atoms with E-state index in [1.807, 2.05) is 30.3 Å². The molecule has 2 aromatic carbocycles. The Morgan fingerprint density at radius 3 is 2.33 bits per heavy atom. The summed E-state index contributed by atoms with van der Waals surface area (Å²) in [6.45, 7) is 3.33. The monoisotopic (exact) mass is 330 g/mol. The van der Waals surface area contributed by atoms with Gasteiger partial charge in [-0.1, -0.05) is 42.5 Å². The van der Waals surface area contributed by atoms with Crippen LogP contribution in [0, 0.1) is 0 Å². The van der Waals surface area contributed by atoms with Gasteiger partial charge in [0.1, 0.15) is 0 Å². The Morgan fingerprint density at radius 1 is 1.00 bits per heavy atom. The predicted octanol–water partition coefficient (Wildman–Crippen LogP) is 3.05. The third-order valence-electron chi connectivity index (χ3n) is 4.76. The first-order valence-corrected chi connectivity index (χ1v) is 7.89. The normalized spacial score (nSPS) is 30.3. The molecule has 1 aliphatic rings. The van der Waals surface area contributed by atoms with E-state index in [0.29, 0.717) is 6.42 Å². The fraction of sp³-hybridized carbons (Fsp3) is 0.421. The molecule has 0 aromatic heterocycles. The standard InChI is InChI=1S/C19H22O5/c1-18(21-3)19(2,22-4)24-17(20)16(23-18)12-13-9-10-14-7-5-6-8-15(14)11-13/h5-11,16H,12H2,1-4H3/t16-,18+,19+/m1/s1. The molecule has 0 unspecified atom stereocenters. The predicted molar refractivity (Wildman–Crippen MR) is 89.4 cm³/mol. The first kappa shape index (κ1) is 16.9. The minimum absolute atomic E-state index is 0.405. The quantitative estimate of drug-likeness (QED) is 0.807. The molecule has 24 heavy (non-hydrogen) atoms. The van der Waals surface area contributed by atoms with Gasteiger partial charge in [-0.3, -0.25) is 0 Å². The molecule has 5 nitrogen and oxygen atoms in total. The number of fused-ring (bicyclic) bond motifs is 1. The molecule has 0 amide bonds. The summed E-state index contributed by atoms with van der Waals surface area (Å²) < 4.78 is 22.2. The van der Waals surface area contributed by atoms with E-state index in [0.717, 1.165) is 16.3 Å². The Morgan fingerprint density at radius 2 is 1.67 bits per heavy atom. The van der Waals surface area contributed by atoms with Crippen LogP contribution in [0.4, 0.5) is 0 Å². The SMILES string of the molecule is CO[C@@]1(C)OC(=O)[C@@H](Cc2ccc3ccccc3c2)O[C@]1(C)OC. The minimum Gasteiger partial charge on any atom is -0.425 e. The van der Waals surface area contributed by atoms with Gasteiger partial charge in [-0.15, -0.1) is 0 Å². The molecule has 0 radical (unpaired) electrons. The van der Waals surface area contributed by atoms with Crippen LogP contribution in [0.1, 0.15) is 19.4 Å². The zero-order chi connectivity index (χ0) is 17.4. The van der Waals surface area contributed by atoms with Gasteiger partial charge < -0.3 is 18.9 Å². The molecule has 0 saturated carbocycles. The molecule has 1 saturated heterocycles. The Bertz CT molecular complexity index is 758. The maximum absolute atomic E-state index is 12.4. The Labute approximate surface area is 141 Å². The molecule has 5 heteroatoms. The third-order valence-corrected chi connectivity index (χ3v) is 4.76. The number of benzene rings is 2. The van der Waals surface area contributed by atoms with E-state index >= 15 is 0 Å². The fourth-order valence-electron chi connectivity index (χ4n) is 2.94. The molecule has 3 rings (SSSR count). The van der Waals surface area contributed by atoms with Crippen LogP contribution in [-0.2, 0) is 30.2 Å². The number of esters is 1. The number of hydrogen-bond donors (Lipinski definition) is 0. The van der Waals surface area contributed by atoms with Crippen molar-refractivity contribution in [2.75, 3.05) is 14.2 Å². The van der Waals surface area contributed by atoms with Gasteiger partial charge in [-0.25, -0.2) is 4.79 Å². The van der Waals surface area contributed by atoms with Crippen LogP contribution in [0.25, 0.3) is 10.8 Å². The molecule has 1 fully saturated rings. The van der Waals surface area contributed by atoms with Gasteiger partial charge in [0.25, 0.3) is 5.79 Å². The smallest absolute Gasteiger partial charge is 0.338 e. The number of carbonyl (C=O) groups excluding carboxylic acids is 1. The highest BCUT2D eigenvalue weighted by Gasteiger charge is 2.57. The summed E-state index contributed by atoms with van der Waals surface area (Å²) >= 11 is 0. The zero-order valence-corrected chi connectivity index (χ0v) is 14.4. The van der Waals surface area contributed by atoms with E-state index in [2.05, 4.69) is 12.1 Å². The summed E-state index contributed by atoms with van der Waals surface area (Å²) in [5, 5.41) is 2.28. The third kappa shape index (κ3) is 2.79. The number of ether oxygens (including phenoxy) is 4. The van der Waals surface area contributed by atoms with Crippen molar-refractivity contribution >= 4 is 16.7 Å². The maximum atomic E-state index is 12.4. The molecule has 0 bridgehead atoms. The fourth-order valence-corrected chi connectivity index (χ4v) is 2.94. The maximum Gasteiger partial charge on any atom is 0.338 e. The van der Waals surface area contributed by atoms with Crippen molar-refractivity contribution in [3.8, 4) is 0 Å². The molecule has 3 atom stereocenters. The Kier molecular flexibility index (Phi) is 4.34. The van der Waals surface area contributed by atoms with Crippen molar-refractivity contribution in [3.63, 3.8) is 0 Å². The molecule has 0 aliphatic carbocycles. The average molecular weight is 330 g/mol. The van der Waals surface area contributed by atoms with Crippen molar-refractivity contribution in [3.05, 3.63) is 48.0 Å². The lowest BCUT2D eigenvalue weighted by Crippen LogP contribution is -2.64. The van der Waals surface area contributed by atoms with Crippen LogP contribution >= 0.6 is 0 Å². The van der Waals surface area contributed by atoms with E-state index in [1.165, 1.54) is 14.2 Å². The summed E-state index contributed by atoms with van der Waals surface area (Å²) in [6, 6.07) is 14.2. The van der Waals surface area contributed by atoms with Crippen LogP contribution in [0.15, 0.2) is 42.5 Å².